The topological polar surface area (TPSA) is 86.7 Å². The molecule has 2 amide bonds. The third-order valence-corrected chi connectivity index (χ3v) is 3.57. The smallest absolute Gasteiger partial charge is 0.326 e. The third-order valence-electron chi connectivity index (χ3n) is 3.04. The van der Waals surface area contributed by atoms with E-state index >= 15 is 0 Å². The average molecular weight is 357 g/mol. The predicted molar refractivity (Wildman–Crippen MR) is 81.0 cm³/mol. The van der Waals surface area contributed by atoms with Gasteiger partial charge in [0.1, 0.15) is 6.04 Å². The summed E-state index contributed by atoms with van der Waals surface area (Å²) < 4.78 is 0.849. The van der Waals surface area contributed by atoms with E-state index in [4.69, 9.17) is 5.11 Å². The van der Waals surface area contributed by atoms with Crippen LogP contribution < -0.4 is 5.32 Å². The van der Waals surface area contributed by atoms with Crippen molar-refractivity contribution in [2.45, 2.75) is 19.4 Å². The van der Waals surface area contributed by atoms with Crippen molar-refractivity contribution in [2.24, 2.45) is 0 Å². The van der Waals surface area contributed by atoms with Gasteiger partial charge in [-0.05, 0) is 30.7 Å². The molecule has 0 heterocycles. The summed E-state index contributed by atoms with van der Waals surface area (Å²) in [6.45, 7) is 1.44. The molecule has 6 nitrogen and oxygen atoms in total. The molecule has 0 aliphatic carbocycles. The first kappa shape index (κ1) is 17.2. The highest BCUT2D eigenvalue weighted by atomic mass is 79.9. The van der Waals surface area contributed by atoms with E-state index in [0.29, 0.717) is 12.0 Å². The highest BCUT2D eigenvalue weighted by Gasteiger charge is 2.24. The Balaban J connectivity index is 2.58. The number of hydrogen-bond acceptors (Lipinski definition) is 3. The Labute approximate surface area is 131 Å². The van der Waals surface area contributed by atoms with Crippen molar-refractivity contribution in [3.8, 4) is 0 Å². The standard InChI is InChI=1S/C14H17BrN2O4/c1-3-11(14(20)21)17(2)12(18)8-16-13(19)9-4-6-10(15)7-5-9/h4-7,11H,3,8H2,1-2H3,(H,16,19)(H,20,21). The molecule has 0 saturated heterocycles. The van der Waals surface area contributed by atoms with Crippen LogP contribution in [0.2, 0.25) is 0 Å². The molecule has 0 saturated carbocycles. The Morgan fingerprint density at radius 1 is 1.29 bits per heavy atom. The van der Waals surface area contributed by atoms with Gasteiger partial charge in [-0.2, -0.15) is 0 Å². The lowest BCUT2D eigenvalue weighted by atomic mass is 10.2. The fourth-order valence-corrected chi connectivity index (χ4v) is 2.04. The minimum Gasteiger partial charge on any atom is -0.480 e. The maximum atomic E-state index is 11.9. The molecule has 1 rings (SSSR count). The van der Waals surface area contributed by atoms with Crippen LogP contribution in [0.5, 0.6) is 0 Å². The first-order valence-electron chi connectivity index (χ1n) is 6.39. The predicted octanol–water partition coefficient (Wildman–Crippen LogP) is 1.50. The minimum absolute atomic E-state index is 0.241. The fraction of sp³-hybridized carbons (Fsp3) is 0.357. The van der Waals surface area contributed by atoms with Crippen LogP contribution in [-0.2, 0) is 9.59 Å². The van der Waals surface area contributed by atoms with Gasteiger partial charge >= 0.3 is 5.97 Å². The van der Waals surface area contributed by atoms with Crippen LogP contribution in [0.1, 0.15) is 23.7 Å². The van der Waals surface area contributed by atoms with Gasteiger partial charge in [-0.1, -0.05) is 22.9 Å². The number of carbonyl (C=O) groups is 3. The number of carbonyl (C=O) groups excluding carboxylic acids is 2. The van der Waals surface area contributed by atoms with Crippen molar-refractivity contribution in [2.75, 3.05) is 13.6 Å². The summed E-state index contributed by atoms with van der Waals surface area (Å²) in [5, 5.41) is 11.5. The molecule has 1 aromatic rings. The summed E-state index contributed by atoms with van der Waals surface area (Å²) >= 11 is 3.27. The monoisotopic (exact) mass is 356 g/mol. The van der Waals surface area contributed by atoms with Gasteiger partial charge in [0.2, 0.25) is 5.91 Å². The second kappa shape index (κ2) is 7.78. The molecule has 114 valence electrons. The Morgan fingerprint density at radius 2 is 1.86 bits per heavy atom. The number of carboxylic acids is 1. The summed E-state index contributed by atoms with van der Waals surface area (Å²) in [6.07, 6.45) is 0.304. The van der Waals surface area contributed by atoms with Crippen molar-refractivity contribution >= 4 is 33.7 Å². The molecule has 1 unspecified atom stereocenters. The lowest BCUT2D eigenvalue weighted by molar-refractivity contribution is -0.148. The van der Waals surface area contributed by atoms with E-state index in [2.05, 4.69) is 21.2 Å². The second-order valence-corrected chi connectivity index (χ2v) is 5.37. The van der Waals surface area contributed by atoms with Crippen LogP contribution in [0.3, 0.4) is 0 Å². The molecule has 0 aliphatic rings. The Kier molecular flexibility index (Phi) is 6.36. The molecule has 0 bridgehead atoms. The summed E-state index contributed by atoms with van der Waals surface area (Å²) in [5.41, 5.74) is 0.430. The number of amides is 2. The van der Waals surface area contributed by atoms with Crippen molar-refractivity contribution in [3.05, 3.63) is 34.3 Å². The SMILES string of the molecule is CCC(C(=O)O)N(C)C(=O)CNC(=O)c1ccc(Br)cc1. The van der Waals surface area contributed by atoms with Gasteiger partial charge in [0, 0.05) is 17.1 Å². The lowest BCUT2D eigenvalue weighted by Gasteiger charge is -2.23. The molecular formula is C14H17BrN2O4. The number of aliphatic carboxylic acids is 1. The molecule has 0 fully saturated rings. The number of nitrogens with zero attached hydrogens (tertiary/aromatic N) is 1. The van der Waals surface area contributed by atoms with Crippen LogP contribution in [0.4, 0.5) is 0 Å². The van der Waals surface area contributed by atoms with E-state index in [1.807, 2.05) is 0 Å². The van der Waals surface area contributed by atoms with E-state index in [1.54, 1.807) is 31.2 Å². The van der Waals surface area contributed by atoms with Gasteiger partial charge in [0.05, 0.1) is 6.54 Å². The molecule has 1 atom stereocenters. The van der Waals surface area contributed by atoms with Gasteiger partial charge < -0.3 is 15.3 Å². The van der Waals surface area contributed by atoms with Gasteiger partial charge in [0.15, 0.2) is 0 Å². The van der Waals surface area contributed by atoms with Crippen LogP contribution >= 0.6 is 15.9 Å². The first-order chi connectivity index (χ1) is 9.86. The van der Waals surface area contributed by atoms with Gasteiger partial charge in [-0.25, -0.2) is 4.79 Å². The number of halogens is 1. The van der Waals surface area contributed by atoms with Crippen LogP contribution in [-0.4, -0.2) is 47.4 Å². The van der Waals surface area contributed by atoms with E-state index < -0.39 is 17.9 Å². The first-order valence-corrected chi connectivity index (χ1v) is 7.18. The molecule has 0 spiro atoms. The fourth-order valence-electron chi connectivity index (χ4n) is 1.77. The Hall–Kier alpha value is -1.89. The normalized spacial score (nSPS) is 11.6. The summed E-state index contributed by atoms with van der Waals surface area (Å²) in [7, 11) is 1.41. The van der Waals surface area contributed by atoms with Crippen molar-refractivity contribution in [3.63, 3.8) is 0 Å². The zero-order chi connectivity index (χ0) is 16.0. The molecule has 0 radical (unpaired) electrons. The number of rotatable bonds is 6. The number of carboxylic acid groups (broad SMARTS) is 1. The zero-order valence-corrected chi connectivity index (χ0v) is 13.4. The highest BCUT2D eigenvalue weighted by molar-refractivity contribution is 9.10. The maximum absolute atomic E-state index is 11.9. The van der Waals surface area contributed by atoms with Crippen LogP contribution in [0.25, 0.3) is 0 Å². The lowest BCUT2D eigenvalue weighted by Crippen LogP contribution is -2.46. The number of hydrogen-bond donors (Lipinski definition) is 2. The molecule has 2 N–H and O–H groups in total. The molecule has 0 aliphatic heterocycles. The summed E-state index contributed by atoms with van der Waals surface area (Å²) in [4.78, 5) is 35.8. The van der Waals surface area contributed by atoms with Crippen LogP contribution in [0.15, 0.2) is 28.7 Å². The van der Waals surface area contributed by atoms with E-state index in [9.17, 15) is 14.4 Å². The zero-order valence-electron chi connectivity index (χ0n) is 11.8. The van der Waals surface area contributed by atoms with E-state index in [-0.39, 0.29) is 12.5 Å². The molecule has 0 aromatic heterocycles. The molecule has 1 aromatic carbocycles. The average Bonchev–Trinajstić information content (AvgIpc) is 2.45. The highest BCUT2D eigenvalue weighted by Crippen LogP contribution is 2.10. The number of nitrogens with one attached hydrogen (secondary N) is 1. The summed E-state index contributed by atoms with van der Waals surface area (Å²) in [5.74, 6) is -1.89. The maximum Gasteiger partial charge on any atom is 0.326 e. The van der Waals surface area contributed by atoms with Crippen LogP contribution in [0, 0.1) is 0 Å². The van der Waals surface area contributed by atoms with E-state index in [0.717, 1.165) is 9.37 Å². The quantitative estimate of drug-likeness (QED) is 0.808. The van der Waals surface area contributed by atoms with Gasteiger partial charge in [0.25, 0.3) is 5.91 Å². The minimum atomic E-state index is -1.06. The van der Waals surface area contributed by atoms with Crippen molar-refractivity contribution in [1.82, 2.24) is 10.2 Å². The van der Waals surface area contributed by atoms with Gasteiger partial charge in [-0.15, -0.1) is 0 Å². The summed E-state index contributed by atoms with van der Waals surface area (Å²) in [6, 6.07) is 5.81. The Morgan fingerprint density at radius 3 is 2.33 bits per heavy atom. The second-order valence-electron chi connectivity index (χ2n) is 4.46. The van der Waals surface area contributed by atoms with E-state index in [1.165, 1.54) is 7.05 Å². The third kappa shape index (κ3) is 4.86. The number of benzene rings is 1. The largest absolute Gasteiger partial charge is 0.480 e. The van der Waals surface area contributed by atoms with Crippen molar-refractivity contribution < 1.29 is 19.5 Å². The molecular weight excluding hydrogens is 340 g/mol. The van der Waals surface area contributed by atoms with Gasteiger partial charge in [-0.3, -0.25) is 9.59 Å². The molecule has 7 heteroatoms. The van der Waals surface area contributed by atoms with Crippen molar-refractivity contribution in [1.29, 1.82) is 0 Å². The Bertz CT molecular complexity index is 530. The number of likely N-dealkylation sites (N-methyl/N-ethyl adjacent to an activating group) is 1. The molecule has 21 heavy (non-hydrogen) atoms.